The standard InChI is InChI=1S/C17H28N4O3/c1-23-12-7-16(22)21-10-8-20(9-11-21)13-15-18-17(24-19-15)14-5-3-2-4-6-14/h14H,2-13H2,1H3. The summed E-state index contributed by atoms with van der Waals surface area (Å²) < 4.78 is 10.5. The van der Waals surface area contributed by atoms with Gasteiger partial charge < -0.3 is 14.2 Å². The number of nitrogens with zero attached hydrogens (tertiary/aromatic N) is 4. The quantitative estimate of drug-likeness (QED) is 0.789. The van der Waals surface area contributed by atoms with Crippen LogP contribution in [-0.2, 0) is 16.1 Å². The molecule has 0 radical (unpaired) electrons. The van der Waals surface area contributed by atoms with Gasteiger partial charge >= 0.3 is 0 Å². The lowest BCUT2D eigenvalue weighted by atomic mass is 9.89. The Bertz CT molecular complexity index is 520. The molecule has 1 aliphatic heterocycles. The number of piperazine rings is 1. The SMILES string of the molecule is COCCC(=O)N1CCN(Cc2noc(C3CCCCC3)n2)CC1. The van der Waals surface area contributed by atoms with E-state index in [1.54, 1.807) is 7.11 Å². The Morgan fingerprint density at radius 3 is 2.67 bits per heavy atom. The van der Waals surface area contributed by atoms with Crippen LogP contribution in [0.15, 0.2) is 4.52 Å². The molecular weight excluding hydrogens is 308 g/mol. The highest BCUT2D eigenvalue weighted by Gasteiger charge is 2.24. The van der Waals surface area contributed by atoms with Gasteiger partial charge in [0, 0.05) is 39.2 Å². The lowest BCUT2D eigenvalue weighted by Gasteiger charge is -2.34. The summed E-state index contributed by atoms with van der Waals surface area (Å²) in [5.41, 5.74) is 0. The highest BCUT2D eigenvalue weighted by Crippen LogP contribution is 2.31. The molecule has 7 nitrogen and oxygen atoms in total. The molecule has 1 aromatic rings. The summed E-state index contributed by atoms with van der Waals surface area (Å²) >= 11 is 0. The van der Waals surface area contributed by atoms with E-state index in [9.17, 15) is 4.79 Å². The zero-order chi connectivity index (χ0) is 16.8. The first-order valence-corrected chi connectivity index (χ1v) is 9.08. The van der Waals surface area contributed by atoms with Crippen LogP contribution in [0.3, 0.4) is 0 Å². The van der Waals surface area contributed by atoms with Gasteiger partial charge in [-0.25, -0.2) is 0 Å². The van der Waals surface area contributed by atoms with Gasteiger partial charge in [-0.1, -0.05) is 24.4 Å². The monoisotopic (exact) mass is 336 g/mol. The highest BCUT2D eigenvalue weighted by atomic mass is 16.5. The molecule has 2 fully saturated rings. The summed E-state index contributed by atoms with van der Waals surface area (Å²) in [7, 11) is 1.62. The van der Waals surface area contributed by atoms with Gasteiger partial charge in [0.25, 0.3) is 0 Å². The number of methoxy groups -OCH3 is 1. The molecule has 134 valence electrons. The molecule has 24 heavy (non-hydrogen) atoms. The van der Waals surface area contributed by atoms with E-state index in [0.29, 0.717) is 25.5 Å². The molecule has 1 aromatic heterocycles. The summed E-state index contributed by atoms with van der Waals surface area (Å²) in [6, 6.07) is 0. The van der Waals surface area contributed by atoms with E-state index in [-0.39, 0.29) is 5.91 Å². The molecule has 0 N–H and O–H groups in total. The Morgan fingerprint density at radius 1 is 1.21 bits per heavy atom. The Morgan fingerprint density at radius 2 is 1.96 bits per heavy atom. The normalized spacial score (nSPS) is 20.5. The molecule has 1 aliphatic carbocycles. The number of carbonyl (C=O) groups is 1. The minimum absolute atomic E-state index is 0.177. The van der Waals surface area contributed by atoms with Gasteiger partial charge in [0.15, 0.2) is 5.82 Å². The minimum Gasteiger partial charge on any atom is -0.384 e. The second-order valence-electron chi connectivity index (χ2n) is 6.78. The van der Waals surface area contributed by atoms with Crippen molar-refractivity contribution < 1.29 is 14.1 Å². The molecular formula is C17H28N4O3. The zero-order valence-electron chi connectivity index (χ0n) is 14.6. The van der Waals surface area contributed by atoms with Crippen LogP contribution < -0.4 is 0 Å². The Balaban J connectivity index is 1.44. The van der Waals surface area contributed by atoms with E-state index in [4.69, 9.17) is 9.26 Å². The van der Waals surface area contributed by atoms with Crippen LogP contribution >= 0.6 is 0 Å². The molecule has 1 saturated heterocycles. The summed E-state index contributed by atoms with van der Waals surface area (Å²) in [4.78, 5) is 20.8. The summed E-state index contributed by atoms with van der Waals surface area (Å²) in [6.45, 7) is 4.42. The number of amides is 1. The largest absolute Gasteiger partial charge is 0.384 e. The topological polar surface area (TPSA) is 71.7 Å². The first-order chi connectivity index (χ1) is 11.8. The molecule has 3 rings (SSSR count). The molecule has 2 aliphatic rings. The van der Waals surface area contributed by atoms with E-state index in [1.165, 1.54) is 32.1 Å². The second kappa shape index (κ2) is 8.58. The van der Waals surface area contributed by atoms with Crippen LogP contribution in [0.4, 0.5) is 0 Å². The van der Waals surface area contributed by atoms with E-state index < -0.39 is 0 Å². The van der Waals surface area contributed by atoms with Gasteiger partial charge in [0.05, 0.1) is 19.6 Å². The smallest absolute Gasteiger partial charge is 0.229 e. The van der Waals surface area contributed by atoms with Gasteiger partial charge in [-0.05, 0) is 12.8 Å². The Kier molecular flexibility index (Phi) is 6.20. The van der Waals surface area contributed by atoms with Gasteiger partial charge in [0.2, 0.25) is 11.8 Å². The van der Waals surface area contributed by atoms with Crippen molar-refractivity contribution in [1.29, 1.82) is 0 Å². The minimum atomic E-state index is 0.177. The average molecular weight is 336 g/mol. The predicted molar refractivity (Wildman–Crippen MR) is 88.5 cm³/mol. The molecule has 0 atom stereocenters. The van der Waals surface area contributed by atoms with E-state index in [0.717, 1.165) is 37.9 Å². The zero-order valence-corrected chi connectivity index (χ0v) is 14.6. The Hall–Kier alpha value is -1.47. The number of carbonyl (C=O) groups excluding carboxylic acids is 1. The van der Waals surface area contributed by atoms with Crippen LogP contribution in [0, 0.1) is 0 Å². The number of rotatable bonds is 6. The first-order valence-electron chi connectivity index (χ1n) is 9.08. The average Bonchev–Trinajstić information content (AvgIpc) is 3.09. The summed E-state index contributed by atoms with van der Waals surface area (Å²) in [5, 5.41) is 4.16. The second-order valence-corrected chi connectivity index (χ2v) is 6.78. The van der Waals surface area contributed by atoms with Gasteiger partial charge in [-0.3, -0.25) is 9.69 Å². The third kappa shape index (κ3) is 4.54. The van der Waals surface area contributed by atoms with Crippen LogP contribution in [-0.4, -0.2) is 65.7 Å². The molecule has 0 aromatic carbocycles. The molecule has 2 heterocycles. The lowest BCUT2D eigenvalue weighted by Crippen LogP contribution is -2.48. The third-order valence-corrected chi connectivity index (χ3v) is 5.05. The van der Waals surface area contributed by atoms with E-state index in [1.807, 2.05) is 4.90 Å². The van der Waals surface area contributed by atoms with Crippen molar-refractivity contribution in [2.45, 2.75) is 51.0 Å². The fraction of sp³-hybridized carbons (Fsp3) is 0.824. The van der Waals surface area contributed by atoms with Crippen LogP contribution in [0.5, 0.6) is 0 Å². The molecule has 0 bridgehead atoms. The number of ether oxygens (including phenoxy) is 1. The third-order valence-electron chi connectivity index (χ3n) is 5.05. The molecule has 1 saturated carbocycles. The lowest BCUT2D eigenvalue weighted by molar-refractivity contribution is -0.133. The fourth-order valence-electron chi connectivity index (χ4n) is 3.55. The van der Waals surface area contributed by atoms with Crippen LogP contribution in [0.1, 0.15) is 56.2 Å². The van der Waals surface area contributed by atoms with E-state index >= 15 is 0 Å². The van der Waals surface area contributed by atoms with Crippen molar-refractivity contribution in [3.63, 3.8) is 0 Å². The number of hydrogen-bond acceptors (Lipinski definition) is 6. The molecule has 1 amide bonds. The van der Waals surface area contributed by atoms with Crippen LogP contribution in [0.2, 0.25) is 0 Å². The maximum absolute atomic E-state index is 12.0. The highest BCUT2D eigenvalue weighted by molar-refractivity contribution is 5.76. The number of aromatic nitrogens is 2. The van der Waals surface area contributed by atoms with Crippen molar-refractivity contribution in [2.24, 2.45) is 0 Å². The van der Waals surface area contributed by atoms with Crippen molar-refractivity contribution in [1.82, 2.24) is 19.9 Å². The van der Waals surface area contributed by atoms with Gasteiger partial charge in [-0.15, -0.1) is 0 Å². The maximum atomic E-state index is 12.0. The predicted octanol–water partition coefficient (Wildman–Crippen LogP) is 1.80. The summed E-state index contributed by atoms with van der Waals surface area (Å²) in [5.74, 6) is 2.22. The van der Waals surface area contributed by atoms with Crippen molar-refractivity contribution in [3.8, 4) is 0 Å². The Labute approximate surface area is 143 Å². The number of hydrogen-bond donors (Lipinski definition) is 0. The van der Waals surface area contributed by atoms with Crippen molar-refractivity contribution in [2.75, 3.05) is 39.9 Å². The van der Waals surface area contributed by atoms with Gasteiger partial charge in [0.1, 0.15) is 0 Å². The molecule has 0 spiro atoms. The fourth-order valence-corrected chi connectivity index (χ4v) is 3.55. The van der Waals surface area contributed by atoms with E-state index in [2.05, 4.69) is 15.0 Å². The first kappa shape index (κ1) is 17.4. The molecule has 0 unspecified atom stereocenters. The van der Waals surface area contributed by atoms with Crippen molar-refractivity contribution in [3.05, 3.63) is 11.7 Å². The van der Waals surface area contributed by atoms with Gasteiger partial charge in [-0.2, -0.15) is 4.98 Å². The maximum Gasteiger partial charge on any atom is 0.229 e. The van der Waals surface area contributed by atoms with Crippen LogP contribution in [0.25, 0.3) is 0 Å². The van der Waals surface area contributed by atoms with Crippen molar-refractivity contribution >= 4 is 5.91 Å². The summed E-state index contributed by atoms with van der Waals surface area (Å²) in [6.07, 6.45) is 6.66. The molecule has 7 heteroatoms.